The zero-order chi connectivity index (χ0) is 18.8. The highest BCUT2D eigenvalue weighted by molar-refractivity contribution is 7.91. The van der Waals surface area contributed by atoms with Gasteiger partial charge in [-0.2, -0.15) is 4.73 Å². The van der Waals surface area contributed by atoms with E-state index in [0.717, 1.165) is 6.20 Å². The molecule has 0 saturated heterocycles. The van der Waals surface area contributed by atoms with E-state index in [1.165, 1.54) is 37.3 Å². The van der Waals surface area contributed by atoms with Crippen LogP contribution < -0.4 is 9.63 Å². The molecule has 0 radical (unpaired) electrons. The molecule has 0 aliphatic heterocycles. The Morgan fingerprint density at radius 3 is 2.36 bits per heavy atom. The molecule has 0 saturated carbocycles. The Labute approximate surface area is 149 Å². The Kier molecular flexibility index (Phi) is 5.71. The summed E-state index contributed by atoms with van der Waals surface area (Å²) in [6, 6.07) is 8.92. The third-order valence-electron chi connectivity index (χ3n) is 3.70. The standard InChI is InChI=1S/C16H18N2O5S2/c1-4-25(22,23)14-6-5-11-18(20)15(14)16(19)17(2)12-7-9-13(10-8-12)24(3)21/h5-11H,4H2,1-3H3. The summed E-state index contributed by atoms with van der Waals surface area (Å²) in [5.41, 5.74) is -0.00195. The quantitative estimate of drug-likeness (QED) is 0.438. The highest BCUT2D eigenvalue weighted by atomic mass is 32.2. The van der Waals surface area contributed by atoms with Crippen molar-refractivity contribution < 1.29 is 22.5 Å². The Bertz CT molecular complexity index is 880. The number of carbonyl (C=O) groups is 1. The maximum absolute atomic E-state index is 12.7. The number of anilines is 1. The van der Waals surface area contributed by atoms with Crippen LogP contribution in [0.1, 0.15) is 17.4 Å². The van der Waals surface area contributed by atoms with E-state index in [1.54, 1.807) is 24.3 Å². The molecular weight excluding hydrogens is 364 g/mol. The first-order chi connectivity index (χ1) is 11.7. The number of rotatable bonds is 5. The lowest BCUT2D eigenvalue weighted by atomic mass is 10.2. The maximum Gasteiger partial charge on any atom is 0.325 e. The Hall–Kier alpha value is -2.10. The second kappa shape index (κ2) is 7.42. The Balaban J connectivity index is 2.47. The Morgan fingerprint density at radius 1 is 1.24 bits per heavy atom. The van der Waals surface area contributed by atoms with E-state index in [9.17, 15) is 23.0 Å². The topological polar surface area (TPSA) is 104 Å². The first kappa shape index (κ1) is 19.2. The van der Waals surface area contributed by atoms with Crippen LogP contribution in [0.3, 0.4) is 0 Å². The molecule has 7 nitrogen and oxygen atoms in total. The molecule has 2 rings (SSSR count). The largest absolute Gasteiger partial charge is 0.618 e. The minimum atomic E-state index is -3.74. The third kappa shape index (κ3) is 3.94. The predicted molar refractivity (Wildman–Crippen MR) is 94.6 cm³/mol. The van der Waals surface area contributed by atoms with Gasteiger partial charge in [0.25, 0.3) is 0 Å². The number of sulfone groups is 1. The molecule has 25 heavy (non-hydrogen) atoms. The summed E-state index contributed by atoms with van der Waals surface area (Å²) in [6.45, 7) is 1.44. The van der Waals surface area contributed by atoms with Crippen molar-refractivity contribution in [2.75, 3.05) is 24.0 Å². The molecule has 134 valence electrons. The van der Waals surface area contributed by atoms with Crippen molar-refractivity contribution in [1.82, 2.24) is 0 Å². The van der Waals surface area contributed by atoms with Crippen LogP contribution >= 0.6 is 0 Å². The molecule has 1 amide bonds. The van der Waals surface area contributed by atoms with E-state index < -0.39 is 32.6 Å². The van der Waals surface area contributed by atoms with Crippen molar-refractivity contribution in [3.63, 3.8) is 0 Å². The lowest BCUT2D eigenvalue weighted by Crippen LogP contribution is -2.42. The van der Waals surface area contributed by atoms with Crippen LogP contribution in [-0.2, 0) is 21.0 Å². The van der Waals surface area contributed by atoms with E-state index in [4.69, 9.17) is 0 Å². The number of nitrogens with zero attached hydrogens (tertiary/aromatic N) is 2. The van der Waals surface area contributed by atoms with Gasteiger partial charge in [-0.3, -0.25) is 4.79 Å². The monoisotopic (exact) mass is 382 g/mol. The average Bonchev–Trinajstić information content (AvgIpc) is 2.60. The van der Waals surface area contributed by atoms with Crippen LogP contribution in [-0.4, -0.2) is 37.9 Å². The molecule has 0 bridgehead atoms. The van der Waals surface area contributed by atoms with Gasteiger partial charge in [-0.05, 0) is 41.5 Å². The maximum atomic E-state index is 12.7. The van der Waals surface area contributed by atoms with Crippen LogP contribution in [0.15, 0.2) is 52.4 Å². The minimum absolute atomic E-state index is 0.224. The van der Waals surface area contributed by atoms with Gasteiger partial charge < -0.3 is 14.7 Å². The summed E-state index contributed by atoms with van der Waals surface area (Å²) in [5, 5.41) is 12.1. The zero-order valence-corrected chi connectivity index (χ0v) is 15.6. The van der Waals surface area contributed by atoms with Gasteiger partial charge in [0.15, 0.2) is 20.9 Å². The van der Waals surface area contributed by atoms with Crippen molar-refractivity contribution in [2.45, 2.75) is 16.7 Å². The summed E-state index contributed by atoms with van der Waals surface area (Å²) >= 11 is -1.15. The highest BCUT2D eigenvalue weighted by Crippen LogP contribution is 2.21. The minimum Gasteiger partial charge on any atom is -0.618 e. The number of aromatic nitrogens is 1. The second-order valence-electron chi connectivity index (χ2n) is 5.26. The molecular formula is C16H18N2O5S2. The number of amides is 1. The van der Waals surface area contributed by atoms with Crippen LogP contribution in [0.2, 0.25) is 0 Å². The molecule has 2 aromatic rings. The third-order valence-corrected chi connectivity index (χ3v) is 6.40. The smallest absolute Gasteiger partial charge is 0.325 e. The normalized spacial score (nSPS) is 12.6. The van der Waals surface area contributed by atoms with Crippen molar-refractivity contribution in [3.8, 4) is 0 Å². The molecule has 9 heteroatoms. The summed E-state index contributed by atoms with van der Waals surface area (Å²) in [7, 11) is -2.30. The predicted octanol–water partition coefficient (Wildman–Crippen LogP) is 1.13. The van der Waals surface area contributed by atoms with Gasteiger partial charge in [0.2, 0.25) is 0 Å². The fraction of sp³-hybridized carbons (Fsp3) is 0.250. The average molecular weight is 382 g/mol. The number of carbonyl (C=O) groups excluding carboxylic acids is 1. The molecule has 0 aliphatic carbocycles. The van der Waals surface area contributed by atoms with Gasteiger partial charge in [0.05, 0.1) is 5.75 Å². The molecule has 0 spiro atoms. The van der Waals surface area contributed by atoms with E-state index in [-0.39, 0.29) is 15.4 Å². The Morgan fingerprint density at radius 2 is 1.84 bits per heavy atom. The summed E-state index contributed by atoms with van der Waals surface area (Å²) in [6.07, 6.45) is 2.62. The lowest BCUT2D eigenvalue weighted by Gasteiger charge is -2.18. The molecule has 0 N–H and O–H groups in total. The van der Waals surface area contributed by atoms with Crippen molar-refractivity contribution >= 4 is 32.6 Å². The van der Waals surface area contributed by atoms with Crippen LogP contribution in [0.5, 0.6) is 0 Å². The van der Waals surface area contributed by atoms with Crippen LogP contribution in [0.4, 0.5) is 5.69 Å². The molecule has 0 aliphatic rings. The van der Waals surface area contributed by atoms with E-state index >= 15 is 0 Å². The van der Waals surface area contributed by atoms with Gasteiger partial charge in [-0.15, -0.1) is 0 Å². The lowest BCUT2D eigenvalue weighted by molar-refractivity contribution is -0.609. The first-order valence-corrected chi connectivity index (χ1v) is 10.6. The van der Waals surface area contributed by atoms with E-state index in [2.05, 4.69) is 0 Å². The van der Waals surface area contributed by atoms with Gasteiger partial charge >= 0.3 is 11.6 Å². The van der Waals surface area contributed by atoms with Gasteiger partial charge in [0, 0.05) is 18.8 Å². The van der Waals surface area contributed by atoms with Crippen LogP contribution in [0.25, 0.3) is 0 Å². The molecule has 0 fully saturated rings. The number of hydrogen-bond donors (Lipinski definition) is 0. The first-order valence-electron chi connectivity index (χ1n) is 7.35. The molecule has 1 unspecified atom stereocenters. The van der Waals surface area contributed by atoms with Gasteiger partial charge in [0.1, 0.15) is 11.2 Å². The molecule has 1 atom stereocenters. The SMILES string of the molecule is CCS(=O)(=O)c1ccc[n+]([O-])c1C(=O)N(C)c1ccc([S+](C)[O-])cc1. The summed E-state index contributed by atoms with van der Waals surface area (Å²) in [5.74, 6) is -0.967. The molecule has 1 aromatic carbocycles. The molecule has 1 heterocycles. The summed E-state index contributed by atoms with van der Waals surface area (Å²) < 4.78 is 36.1. The zero-order valence-electron chi connectivity index (χ0n) is 14.0. The van der Waals surface area contributed by atoms with Crippen molar-refractivity contribution in [3.05, 3.63) is 53.5 Å². The fourth-order valence-corrected chi connectivity index (χ4v) is 3.80. The molecule has 1 aromatic heterocycles. The number of hydrogen-bond acceptors (Lipinski definition) is 5. The van der Waals surface area contributed by atoms with Gasteiger partial charge in [-0.1, -0.05) is 6.92 Å². The number of benzene rings is 1. The number of pyridine rings is 1. The van der Waals surface area contributed by atoms with Gasteiger partial charge in [-0.25, -0.2) is 8.42 Å². The van der Waals surface area contributed by atoms with E-state index in [0.29, 0.717) is 10.6 Å². The second-order valence-corrected chi connectivity index (χ2v) is 8.89. The fourth-order valence-electron chi connectivity index (χ4n) is 2.21. The van der Waals surface area contributed by atoms with Crippen molar-refractivity contribution in [1.29, 1.82) is 0 Å². The summed E-state index contributed by atoms with van der Waals surface area (Å²) in [4.78, 5) is 14.2. The van der Waals surface area contributed by atoms with Crippen LogP contribution in [0, 0.1) is 5.21 Å². The van der Waals surface area contributed by atoms with Crippen molar-refractivity contribution in [2.24, 2.45) is 0 Å². The highest BCUT2D eigenvalue weighted by Gasteiger charge is 2.31. The van der Waals surface area contributed by atoms with E-state index in [1.807, 2.05) is 0 Å².